The zero-order chi connectivity index (χ0) is 20.8. The first kappa shape index (κ1) is 20.5. The molecule has 0 spiro atoms. The van der Waals surface area contributed by atoms with Crippen molar-refractivity contribution in [1.82, 2.24) is 9.80 Å². The monoisotopic (exact) mass is 399 g/mol. The van der Waals surface area contributed by atoms with Crippen molar-refractivity contribution < 1.29 is 9.59 Å². The highest BCUT2D eigenvalue weighted by Gasteiger charge is 2.37. The third kappa shape index (κ3) is 3.34. The number of likely N-dealkylation sites (N-methyl/N-ethyl adjacent to an activating group) is 2. The second-order valence-corrected chi connectivity index (χ2v) is 8.82. The maximum absolute atomic E-state index is 12.6. The molecule has 0 N–H and O–H groups in total. The number of nitrogens with zero attached hydrogens (tertiary/aromatic N) is 3. The zero-order valence-corrected chi connectivity index (χ0v) is 18.4. The van der Waals surface area contributed by atoms with Gasteiger partial charge in [-0.15, -0.1) is 0 Å². The summed E-state index contributed by atoms with van der Waals surface area (Å²) in [6.45, 7) is 10.1. The number of carbonyl (C=O) groups is 2. The van der Waals surface area contributed by atoms with Gasteiger partial charge < -0.3 is 4.90 Å². The van der Waals surface area contributed by atoms with Crippen LogP contribution in [0.4, 0.5) is 5.69 Å². The van der Waals surface area contributed by atoms with Gasteiger partial charge in [0.15, 0.2) is 5.11 Å². The van der Waals surface area contributed by atoms with Crippen molar-refractivity contribution in [2.75, 3.05) is 25.5 Å². The SMILES string of the molecule is CCCN1c2ccc(C=C3C(=O)N(C)C(=S)N(C)C3=O)cc2C(C)CC1(C)C. The van der Waals surface area contributed by atoms with Gasteiger partial charge in [-0.25, -0.2) is 0 Å². The van der Waals surface area contributed by atoms with Crippen LogP contribution in [-0.4, -0.2) is 52.9 Å². The minimum absolute atomic E-state index is 0.110. The van der Waals surface area contributed by atoms with Gasteiger partial charge in [-0.2, -0.15) is 0 Å². The van der Waals surface area contributed by atoms with Crippen molar-refractivity contribution in [1.29, 1.82) is 0 Å². The quantitative estimate of drug-likeness (QED) is 0.441. The van der Waals surface area contributed by atoms with Gasteiger partial charge in [0.1, 0.15) is 5.57 Å². The number of benzene rings is 1. The van der Waals surface area contributed by atoms with Crippen LogP contribution in [0.2, 0.25) is 0 Å². The molecule has 1 aromatic carbocycles. The van der Waals surface area contributed by atoms with Crippen molar-refractivity contribution in [2.24, 2.45) is 0 Å². The second kappa shape index (κ2) is 7.32. The molecule has 0 aliphatic carbocycles. The van der Waals surface area contributed by atoms with E-state index in [4.69, 9.17) is 12.2 Å². The van der Waals surface area contributed by atoms with E-state index in [-0.39, 0.29) is 28.0 Å². The lowest BCUT2D eigenvalue weighted by molar-refractivity contribution is -0.132. The summed E-state index contributed by atoms with van der Waals surface area (Å²) in [4.78, 5) is 30.3. The van der Waals surface area contributed by atoms with Gasteiger partial charge in [0, 0.05) is 31.9 Å². The lowest BCUT2D eigenvalue weighted by Gasteiger charge is -2.47. The summed E-state index contributed by atoms with van der Waals surface area (Å²) in [5.74, 6) is -0.299. The highest BCUT2D eigenvalue weighted by atomic mass is 32.1. The number of hydrogen-bond donors (Lipinski definition) is 0. The number of rotatable bonds is 3. The number of carbonyl (C=O) groups excluding carboxylic acids is 2. The van der Waals surface area contributed by atoms with Gasteiger partial charge in [0.05, 0.1) is 0 Å². The normalized spacial score (nSPS) is 21.9. The number of thiocarbonyl (C=S) groups is 1. The van der Waals surface area contributed by atoms with Crippen LogP contribution in [0.25, 0.3) is 6.08 Å². The molecule has 2 aliphatic rings. The van der Waals surface area contributed by atoms with E-state index in [9.17, 15) is 9.59 Å². The van der Waals surface area contributed by atoms with E-state index >= 15 is 0 Å². The van der Waals surface area contributed by atoms with Crippen LogP contribution in [0.15, 0.2) is 23.8 Å². The van der Waals surface area contributed by atoms with Gasteiger partial charge in [0.2, 0.25) is 0 Å². The summed E-state index contributed by atoms with van der Waals surface area (Å²) < 4.78 is 0. The summed E-state index contributed by atoms with van der Waals surface area (Å²) in [7, 11) is 3.20. The molecule has 3 rings (SSSR count). The fourth-order valence-corrected chi connectivity index (χ4v) is 4.55. The molecule has 6 heteroatoms. The summed E-state index contributed by atoms with van der Waals surface area (Å²) >= 11 is 5.15. The van der Waals surface area contributed by atoms with Crippen LogP contribution < -0.4 is 4.90 Å². The van der Waals surface area contributed by atoms with E-state index in [1.165, 1.54) is 21.1 Å². The average molecular weight is 400 g/mol. The molecule has 2 aliphatic heterocycles. The van der Waals surface area contributed by atoms with Crippen LogP contribution in [0.5, 0.6) is 0 Å². The second-order valence-electron chi connectivity index (χ2n) is 8.46. The topological polar surface area (TPSA) is 43.9 Å². The molecule has 0 saturated carbocycles. The van der Waals surface area contributed by atoms with Crippen LogP contribution in [-0.2, 0) is 9.59 Å². The zero-order valence-electron chi connectivity index (χ0n) is 17.6. The van der Waals surface area contributed by atoms with E-state index in [2.05, 4.69) is 44.7 Å². The fourth-order valence-electron chi connectivity index (χ4n) is 4.39. The van der Waals surface area contributed by atoms with E-state index in [1.807, 2.05) is 6.07 Å². The Bertz CT molecular complexity index is 849. The molecule has 0 aromatic heterocycles. The molecular weight excluding hydrogens is 370 g/mol. The van der Waals surface area contributed by atoms with Crippen LogP contribution in [0, 0.1) is 0 Å². The Kier molecular flexibility index (Phi) is 5.36. The number of fused-ring (bicyclic) bond motifs is 1. The van der Waals surface area contributed by atoms with Crippen LogP contribution in [0.1, 0.15) is 57.6 Å². The fraction of sp³-hybridized carbons (Fsp3) is 0.500. The Morgan fingerprint density at radius 1 is 1.18 bits per heavy atom. The number of anilines is 1. The number of hydrogen-bond acceptors (Lipinski definition) is 4. The standard InChI is InChI=1S/C22H29N3O2S/c1-7-10-25-18-9-8-15(11-16(18)14(2)13-22(25,3)4)12-17-19(26)23(5)21(28)24(6)20(17)27/h8-9,11-12,14H,7,10,13H2,1-6H3. The molecule has 2 amide bonds. The maximum atomic E-state index is 12.6. The maximum Gasteiger partial charge on any atom is 0.265 e. The molecule has 1 saturated heterocycles. The Morgan fingerprint density at radius 3 is 2.36 bits per heavy atom. The molecule has 28 heavy (non-hydrogen) atoms. The van der Waals surface area contributed by atoms with Crippen molar-refractivity contribution in [2.45, 2.75) is 52.0 Å². The highest BCUT2D eigenvalue weighted by molar-refractivity contribution is 7.80. The molecule has 5 nitrogen and oxygen atoms in total. The van der Waals surface area contributed by atoms with Crippen LogP contribution in [0.3, 0.4) is 0 Å². The first-order valence-corrected chi connectivity index (χ1v) is 10.2. The average Bonchev–Trinajstić information content (AvgIpc) is 2.65. The van der Waals surface area contributed by atoms with Crippen molar-refractivity contribution in [3.05, 3.63) is 34.9 Å². The minimum Gasteiger partial charge on any atom is -0.366 e. The summed E-state index contributed by atoms with van der Waals surface area (Å²) in [5.41, 5.74) is 3.65. The van der Waals surface area contributed by atoms with Gasteiger partial charge in [-0.1, -0.05) is 19.9 Å². The summed E-state index contributed by atoms with van der Waals surface area (Å²) in [6, 6.07) is 6.25. The molecule has 150 valence electrons. The third-order valence-corrected chi connectivity index (χ3v) is 6.36. The van der Waals surface area contributed by atoms with Gasteiger partial charge >= 0.3 is 0 Å². The molecule has 1 fully saturated rings. The van der Waals surface area contributed by atoms with E-state index in [0.29, 0.717) is 5.92 Å². The van der Waals surface area contributed by atoms with Gasteiger partial charge in [-0.3, -0.25) is 19.4 Å². The summed E-state index contributed by atoms with van der Waals surface area (Å²) in [6.07, 6.45) is 3.85. The van der Waals surface area contributed by atoms with Crippen molar-refractivity contribution >= 4 is 40.9 Å². The largest absolute Gasteiger partial charge is 0.366 e. The predicted octanol–water partition coefficient (Wildman–Crippen LogP) is 3.79. The van der Waals surface area contributed by atoms with Gasteiger partial charge in [0.25, 0.3) is 11.8 Å². The lowest BCUT2D eigenvalue weighted by Crippen LogP contribution is -2.52. The molecule has 1 aromatic rings. The van der Waals surface area contributed by atoms with E-state index < -0.39 is 0 Å². The third-order valence-electron chi connectivity index (χ3n) is 5.81. The molecule has 0 radical (unpaired) electrons. The van der Waals surface area contributed by atoms with Gasteiger partial charge in [-0.05, 0) is 74.2 Å². The van der Waals surface area contributed by atoms with Crippen molar-refractivity contribution in [3.8, 4) is 0 Å². The predicted molar refractivity (Wildman–Crippen MR) is 117 cm³/mol. The lowest BCUT2D eigenvalue weighted by atomic mass is 9.79. The van der Waals surface area contributed by atoms with E-state index in [0.717, 1.165) is 24.9 Å². The highest BCUT2D eigenvalue weighted by Crippen LogP contribution is 2.43. The summed E-state index contributed by atoms with van der Waals surface area (Å²) in [5, 5.41) is 0.226. The van der Waals surface area contributed by atoms with Crippen molar-refractivity contribution in [3.63, 3.8) is 0 Å². The molecule has 0 bridgehead atoms. The van der Waals surface area contributed by atoms with Crippen LogP contribution >= 0.6 is 12.2 Å². The Hall–Kier alpha value is -2.21. The Balaban J connectivity index is 2.03. The Labute approximate surface area is 173 Å². The first-order valence-electron chi connectivity index (χ1n) is 9.81. The first-order chi connectivity index (χ1) is 13.1. The minimum atomic E-state index is -0.354. The van der Waals surface area contributed by atoms with E-state index in [1.54, 1.807) is 20.2 Å². The Morgan fingerprint density at radius 2 is 1.79 bits per heavy atom. The smallest absolute Gasteiger partial charge is 0.265 e. The molecule has 2 heterocycles. The molecule has 1 atom stereocenters. The molecular formula is C22H29N3O2S. The number of amides is 2. The molecule has 1 unspecified atom stereocenters.